The number of carbonyl (C=O) groups excluding carboxylic acids is 1. The van der Waals surface area contributed by atoms with E-state index in [0.29, 0.717) is 25.3 Å². The SMILES string of the molecule is O=C(Nc1c(F)cccc1F)N1CC(n2cc(Cn3nccn3)nn2)C1. The lowest BCUT2D eigenvalue weighted by Crippen LogP contribution is -2.52. The van der Waals surface area contributed by atoms with E-state index in [1.54, 1.807) is 23.3 Å². The normalized spacial score (nSPS) is 14.3. The van der Waals surface area contributed by atoms with Gasteiger partial charge in [-0.15, -0.1) is 5.10 Å². The van der Waals surface area contributed by atoms with Gasteiger partial charge in [0, 0.05) is 13.1 Å². The lowest BCUT2D eigenvalue weighted by atomic mass is 10.1. The molecule has 3 aromatic rings. The summed E-state index contributed by atoms with van der Waals surface area (Å²) in [7, 11) is 0. The van der Waals surface area contributed by atoms with E-state index in [-0.39, 0.29) is 6.04 Å². The van der Waals surface area contributed by atoms with Gasteiger partial charge in [-0.05, 0) is 12.1 Å². The van der Waals surface area contributed by atoms with Crippen LogP contribution >= 0.6 is 0 Å². The second-order valence-corrected chi connectivity index (χ2v) is 5.83. The molecule has 9 nitrogen and oxygen atoms in total. The van der Waals surface area contributed by atoms with Crippen molar-refractivity contribution in [3.63, 3.8) is 0 Å². The van der Waals surface area contributed by atoms with Crippen LogP contribution in [-0.2, 0) is 6.54 Å². The van der Waals surface area contributed by atoms with Gasteiger partial charge in [0.1, 0.15) is 29.6 Å². The topological polar surface area (TPSA) is 93.8 Å². The number of likely N-dealkylation sites (tertiary alicyclic amines) is 1. The van der Waals surface area contributed by atoms with Crippen molar-refractivity contribution >= 4 is 11.7 Å². The van der Waals surface area contributed by atoms with Gasteiger partial charge in [0.15, 0.2) is 0 Å². The number of nitrogens with one attached hydrogen (secondary N) is 1. The molecule has 0 unspecified atom stereocenters. The fourth-order valence-electron chi connectivity index (χ4n) is 2.63. The molecule has 1 saturated heterocycles. The van der Waals surface area contributed by atoms with Crippen molar-refractivity contribution in [2.24, 2.45) is 0 Å². The van der Waals surface area contributed by atoms with Crippen molar-refractivity contribution in [2.45, 2.75) is 12.6 Å². The van der Waals surface area contributed by atoms with Crippen LogP contribution in [0, 0.1) is 11.6 Å². The Labute approximate surface area is 146 Å². The standard InChI is InChI=1S/C15H14F2N8O/c16-12-2-1-3-13(17)14(12)20-15(26)23-8-11(9-23)24-6-10(21-22-24)7-25-18-4-5-19-25/h1-6,11H,7-9H2,(H,20,26). The molecule has 1 N–H and O–H groups in total. The van der Waals surface area contributed by atoms with Crippen molar-refractivity contribution < 1.29 is 13.6 Å². The Morgan fingerprint density at radius 2 is 1.88 bits per heavy atom. The number of aromatic nitrogens is 6. The minimum atomic E-state index is -0.816. The van der Waals surface area contributed by atoms with Crippen LogP contribution in [0.5, 0.6) is 0 Å². The second kappa shape index (κ2) is 6.50. The lowest BCUT2D eigenvalue weighted by molar-refractivity contribution is 0.127. The van der Waals surface area contributed by atoms with Crippen molar-refractivity contribution in [1.82, 2.24) is 34.9 Å². The van der Waals surface area contributed by atoms with E-state index in [2.05, 4.69) is 25.8 Å². The zero-order valence-corrected chi connectivity index (χ0v) is 13.5. The maximum atomic E-state index is 13.6. The highest BCUT2D eigenvalue weighted by Gasteiger charge is 2.33. The molecule has 0 saturated carbocycles. The van der Waals surface area contributed by atoms with E-state index in [4.69, 9.17) is 0 Å². The molecule has 0 atom stereocenters. The van der Waals surface area contributed by atoms with Gasteiger partial charge < -0.3 is 10.2 Å². The molecule has 26 heavy (non-hydrogen) atoms. The number of anilines is 1. The highest BCUT2D eigenvalue weighted by Crippen LogP contribution is 2.23. The molecule has 1 aliphatic rings. The predicted octanol–water partition coefficient (Wildman–Crippen LogP) is 1.28. The van der Waals surface area contributed by atoms with Gasteiger partial charge in [-0.2, -0.15) is 15.0 Å². The third-order valence-electron chi connectivity index (χ3n) is 4.05. The van der Waals surface area contributed by atoms with Crippen LogP contribution in [0.4, 0.5) is 19.3 Å². The van der Waals surface area contributed by atoms with Crippen LogP contribution in [0.3, 0.4) is 0 Å². The smallest absolute Gasteiger partial charge is 0.320 e. The lowest BCUT2D eigenvalue weighted by Gasteiger charge is -2.38. The Morgan fingerprint density at radius 3 is 2.58 bits per heavy atom. The van der Waals surface area contributed by atoms with Gasteiger partial charge in [0.05, 0.1) is 24.6 Å². The molecule has 0 radical (unpaired) electrons. The first-order chi connectivity index (χ1) is 12.6. The Balaban J connectivity index is 1.34. The zero-order valence-electron chi connectivity index (χ0n) is 13.5. The summed E-state index contributed by atoms with van der Waals surface area (Å²) in [4.78, 5) is 15.0. The number of rotatable bonds is 4. The summed E-state index contributed by atoms with van der Waals surface area (Å²) >= 11 is 0. The van der Waals surface area contributed by atoms with Gasteiger partial charge in [0.25, 0.3) is 0 Å². The Kier molecular flexibility index (Phi) is 4.03. The predicted molar refractivity (Wildman–Crippen MR) is 85.1 cm³/mol. The Bertz CT molecular complexity index is 899. The van der Waals surface area contributed by atoms with Gasteiger partial charge in [-0.1, -0.05) is 11.3 Å². The molecule has 1 aliphatic heterocycles. The van der Waals surface area contributed by atoms with Gasteiger partial charge in [-0.3, -0.25) is 0 Å². The van der Waals surface area contributed by atoms with Crippen molar-refractivity contribution in [1.29, 1.82) is 0 Å². The van der Waals surface area contributed by atoms with Crippen LogP contribution in [0.1, 0.15) is 11.7 Å². The number of amides is 2. The number of benzene rings is 1. The maximum absolute atomic E-state index is 13.6. The van der Waals surface area contributed by atoms with E-state index >= 15 is 0 Å². The minimum absolute atomic E-state index is 0.0435. The number of carbonyl (C=O) groups is 1. The van der Waals surface area contributed by atoms with Crippen LogP contribution in [-0.4, -0.2) is 54.0 Å². The molecule has 0 bridgehead atoms. The third kappa shape index (κ3) is 3.10. The molecular weight excluding hydrogens is 346 g/mol. The molecule has 1 aromatic carbocycles. The number of hydrogen-bond donors (Lipinski definition) is 1. The minimum Gasteiger partial charge on any atom is -0.320 e. The molecule has 0 aliphatic carbocycles. The quantitative estimate of drug-likeness (QED) is 0.757. The third-order valence-corrected chi connectivity index (χ3v) is 4.05. The summed E-state index contributed by atoms with van der Waals surface area (Å²) in [5.74, 6) is -1.63. The molecular formula is C15H14F2N8O. The monoisotopic (exact) mass is 360 g/mol. The van der Waals surface area contributed by atoms with E-state index < -0.39 is 23.4 Å². The van der Waals surface area contributed by atoms with E-state index in [1.165, 1.54) is 15.8 Å². The summed E-state index contributed by atoms with van der Waals surface area (Å²) in [6, 6.07) is 2.80. The van der Waals surface area contributed by atoms with E-state index in [0.717, 1.165) is 12.1 Å². The molecule has 2 amide bonds. The second-order valence-electron chi connectivity index (χ2n) is 5.83. The van der Waals surface area contributed by atoms with Gasteiger partial charge >= 0.3 is 6.03 Å². The van der Waals surface area contributed by atoms with Gasteiger partial charge in [0.2, 0.25) is 0 Å². The molecule has 4 rings (SSSR count). The highest BCUT2D eigenvalue weighted by atomic mass is 19.1. The fraction of sp³-hybridized carbons (Fsp3) is 0.267. The number of hydrogen-bond acceptors (Lipinski definition) is 5. The van der Waals surface area contributed by atoms with Gasteiger partial charge in [-0.25, -0.2) is 18.3 Å². The molecule has 11 heteroatoms. The van der Waals surface area contributed by atoms with Crippen molar-refractivity contribution in [3.05, 3.63) is 54.1 Å². The summed E-state index contributed by atoms with van der Waals surface area (Å²) < 4.78 is 28.8. The highest BCUT2D eigenvalue weighted by molar-refractivity contribution is 5.90. The largest absolute Gasteiger partial charge is 0.322 e. The number of nitrogens with zero attached hydrogens (tertiary/aromatic N) is 7. The number of urea groups is 1. The summed E-state index contributed by atoms with van der Waals surface area (Å²) in [5.41, 5.74) is 0.244. The molecule has 1 fully saturated rings. The van der Waals surface area contributed by atoms with E-state index in [9.17, 15) is 13.6 Å². The summed E-state index contributed by atoms with van der Waals surface area (Å²) in [6.07, 6.45) is 4.91. The molecule has 2 aromatic heterocycles. The first kappa shape index (κ1) is 16.1. The van der Waals surface area contributed by atoms with Crippen molar-refractivity contribution in [3.8, 4) is 0 Å². The fourth-order valence-corrected chi connectivity index (χ4v) is 2.63. The van der Waals surface area contributed by atoms with Crippen molar-refractivity contribution in [2.75, 3.05) is 18.4 Å². The van der Waals surface area contributed by atoms with Crippen LogP contribution < -0.4 is 5.32 Å². The first-order valence-corrected chi connectivity index (χ1v) is 7.85. The van der Waals surface area contributed by atoms with Crippen LogP contribution in [0.15, 0.2) is 36.8 Å². The molecule has 3 heterocycles. The number of para-hydroxylation sites is 1. The van der Waals surface area contributed by atoms with Crippen LogP contribution in [0.25, 0.3) is 0 Å². The summed E-state index contributed by atoms with van der Waals surface area (Å²) in [6.45, 7) is 1.13. The Morgan fingerprint density at radius 1 is 1.19 bits per heavy atom. The maximum Gasteiger partial charge on any atom is 0.322 e. The molecule has 0 spiro atoms. The average Bonchev–Trinajstić information content (AvgIpc) is 3.22. The van der Waals surface area contributed by atoms with Crippen LogP contribution in [0.2, 0.25) is 0 Å². The first-order valence-electron chi connectivity index (χ1n) is 7.85. The average molecular weight is 360 g/mol. The molecule has 134 valence electrons. The van der Waals surface area contributed by atoms with E-state index in [1.807, 2.05) is 0 Å². The number of halogens is 2. The zero-order chi connectivity index (χ0) is 18.1. The summed E-state index contributed by atoms with van der Waals surface area (Å²) in [5, 5.41) is 18.3. The Hall–Kier alpha value is -3.37.